The van der Waals surface area contributed by atoms with E-state index in [1.54, 1.807) is 6.92 Å². The second-order valence-corrected chi connectivity index (χ2v) is 10.5. The number of sulfonamides is 1. The van der Waals surface area contributed by atoms with Gasteiger partial charge in [-0.3, -0.25) is 4.90 Å². The predicted molar refractivity (Wildman–Crippen MR) is 104 cm³/mol. The molecule has 30 heavy (non-hydrogen) atoms. The van der Waals surface area contributed by atoms with Crippen LogP contribution in [0.1, 0.15) is 38.7 Å². The maximum Gasteiger partial charge on any atom is 0.421 e. The highest BCUT2D eigenvalue weighted by atomic mass is 32.2. The number of hydrogen-bond donors (Lipinski definition) is 1. The van der Waals surface area contributed by atoms with Crippen LogP contribution in [0.15, 0.2) is 29.2 Å². The molecular formula is C20H26F3N3O3S. The molecule has 1 aromatic carbocycles. The molecule has 0 aromatic heterocycles. The molecule has 2 aliphatic rings. The standard InChI is InChI=1S/C20H26F3N3O3S/c1-15-13-25(14-19(7-8-19)9-10-24)11-12-26(15)30(28,29)17-5-3-16(4-6-17)18(2,27)20(21,22)23/h3-6,15,27H,7-9,11-14H2,1-2H3/t15-,18?/m1/s1. The summed E-state index contributed by atoms with van der Waals surface area (Å²) in [6, 6.07) is 6.14. The molecule has 0 amide bonds. The van der Waals surface area contributed by atoms with Gasteiger partial charge >= 0.3 is 6.18 Å². The van der Waals surface area contributed by atoms with Crippen molar-refractivity contribution in [1.82, 2.24) is 9.21 Å². The minimum absolute atomic E-state index is 0.0424. The van der Waals surface area contributed by atoms with Gasteiger partial charge in [0.25, 0.3) is 0 Å². The maximum absolute atomic E-state index is 13.0. The Balaban J connectivity index is 1.71. The van der Waals surface area contributed by atoms with Gasteiger partial charge in [0.2, 0.25) is 10.0 Å². The summed E-state index contributed by atoms with van der Waals surface area (Å²) in [6.45, 7) is 4.56. The fourth-order valence-electron chi connectivity index (χ4n) is 3.98. The first-order valence-corrected chi connectivity index (χ1v) is 11.3. The van der Waals surface area contributed by atoms with Crippen molar-refractivity contribution in [1.29, 1.82) is 5.26 Å². The number of benzene rings is 1. The normalized spacial score (nSPS) is 24.8. The summed E-state index contributed by atoms with van der Waals surface area (Å²) in [7, 11) is -3.88. The number of halogens is 3. The number of piperazine rings is 1. The zero-order chi connectivity index (χ0) is 22.4. The van der Waals surface area contributed by atoms with E-state index in [-0.39, 0.29) is 22.9 Å². The average Bonchev–Trinajstić information content (AvgIpc) is 3.40. The summed E-state index contributed by atoms with van der Waals surface area (Å²) in [5.41, 5.74) is -3.43. The number of rotatable bonds is 6. The molecule has 1 aliphatic heterocycles. The Morgan fingerprint density at radius 1 is 1.23 bits per heavy atom. The third kappa shape index (κ3) is 4.35. The van der Waals surface area contributed by atoms with Gasteiger partial charge in [-0.15, -0.1) is 0 Å². The van der Waals surface area contributed by atoms with E-state index in [2.05, 4.69) is 11.0 Å². The van der Waals surface area contributed by atoms with Crippen LogP contribution in [0, 0.1) is 16.7 Å². The van der Waals surface area contributed by atoms with Crippen molar-refractivity contribution in [3.63, 3.8) is 0 Å². The van der Waals surface area contributed by atoms with Crippen molar-refractivity contribution >= 4 is 10.0 Å². The van der Waals surface area contributed by atoms with Crippen LogP contribution in [0.2, 0.25) is 0 Å². The van der Waals surface area contributed by atoms with E-state index in [1.165, 1.54) is 4.31 Å². The minimum Gasteiger partial charge on any atom is -0.376 e. The molecule has 0 bridgehead atoms. The molecule has 1 aliphatic carbocycles. The van der Waals surface area contributed by atoms with Gasteiger partial charge in [0.15, 0.2) is 5.60 Å². The molecule has 1 heterocycles. The fraction of sp³-hybridized carbons (Fsp3) is 0.650. The Bertz CT molecular complexity index is 919. The topological polar surface area (TPSA) is 84.6 Å². The molecule has 166 valence electrons. The number of nitriles is 1. The molecule has 1 N–H and O–H groups in total. The van der Waals surface area contributed by atoms with Crippen LogP contribution < -0.4 is 0 Å². The van der Waals surface area contributed by atoms with E-state index >= 15 is 0 Å². The maximum atomic E-state index is 13.0. The van der Waals surface area contributed by atoms with Gasteiger partial charge in [-0.25, -0.2) is 8.42 Å². The highest BCUT2D eigenvalue weighted by Crippen LogP contribution is 2.49. The van der Waals surface area contributed by atoms with Gasteiger partial charge in [-0.1, -0.05) is 12.1 Å². The molecule has 10 heteroatoms. The van der Waals surface area contributed by atoms with Gasteiger partial charge in [0.1, 0.15) is 0 Å². The van der Waals surface area contributed by atoms with Gasteiger partial charge < -0.3 is 5.11 Å². The monoisotopic (exact) mass is 445 g/mol. The molecule has 1 saturated carbocycles. The molecule has 2 fully saturated rings. The second kappa shape index (κ2) is 7.79. The van der Waals surface area contributed by atoms with Crippen LogP contribution >= 0.6 is 0 Å². The van der Waals surface area contributed by atoms with Crippen LogP contribution in [0.5, 0.6) is 0 Å². The summed E-state index contributed by atoms with van der Waals surface area (Å²) in [4.78, 5) is 2.08. The number of hydrogen-bond acceptors (Lipinski definition) is 5. The molecule has 1 aromatic rings. The lowest BCUT2D eigenvalue weighted by Crippen LogP contribution is -2.54. The van der Waals surface area contributed by atoms with Crippen LogP contribution in [-0.4, -0.2) is 61.1 Å². The highest BCUT2D eigenvalue weighted by molar-refractivity contribution is 7.89. The van der Waals surface area contributed by atoms with Crippen LogP contribution in [0.3, 0.4) is 0 Å². The first kappa shape index (κ1) is 23.0. The lowest BCUT2D eigenvalue weighted by atomic mass is 9.96. The third-order valence-electron chi connectivity index (χ3n) is 6.20. The predicted octanol–water partition coefficient (Wildman–Crippen LogP) is 2.85. The molecule has 0 spiro atoms. The first-order chi connectivity index (χ1) is 13.8. The Kier molecular flexibility index (Phi) is 5.97. The lowest BCUT2D eigenvalue weighted by Gasteiger charge is -2.40. The second-order valence-electron chi connectivity index (χ2n) is 8.63. The van der Waals surface area contributed by atoms with Crippen molar-refractivity contribution in [2.75, 3.05) is 26.2 Å². The summed E-state index contributed by atoms with van der Waals surface area (Å²) >= 11 is 0. The van der Waals surface area contributed by atoms with Gasteiger partial charge in [-0.2, -0.15) is 22.7 Å². The summed E-state index contributed by atoms with van der Waals surface area (Å²) in [5.74, 6) is 0. The van der Waals surface area contributed by atoms with E-state index in [0.29, 0.717) is 26.4 Å². The van der Waals surface area contributed by atoms with Crippen LogP contribution in [-0.2, 0) is 15.6 Å². The van der Waals surface area contributed by atoms with Gasteiger partial charge in [0.05, 0.1) is 11.0 Å². The molecule has 2 atom stereocenters. The molecule has 6 nitrogen and oxygen atoms in total. The van der Waals surface area contributed by atoms with Crippen molar-refractivity contribution in [2.24, 2.45) is 5.41 Å². The van der Waals surface area contributed by atoms with E-state index in [1.807, 2.05) is 0 Å². The van der Waals surface area contributed by atoms with Crippen LogP contribution in [0.25, 0.3) is 0 Å². The Morgan fingerprint density at radius 3 is 2.30 bits per heavy atom. The zero-order valence-corrected chi connectivity index (χ0v) is 17.8. The van der Waals surface area contributed by atoms with Crippen LogP contribution in [0.4, 0.5) is 13.2 Å². The number of aliphatic hydroxyl groups is 1. The van der Waals surface area contributed by atoms with E-state index in [4.69, 9.17) is 5.26 Å². The minimum atomic E-state index is -4.87. The van der Waals surface area contributed by atoms with Gasteiger partial charge in [-0.05, 0) is 49.8 Å². The molecule has 1 unspecified atom stereocenters. The van der Waals surface area contributed by atoms with Gasteiger partial charge in [0, 0.05) is 38.6 Å². The Labute approximate surface area is 174 Å². The van der Waals surface area contributed by atoms with E-state index in [9.17, 15) is 26.7 Å². The average molecular weight is 446 g/mol. The molecule has 3 rings (SSSR count). The molecule has 1 saturated heterocycles. The quantitative estimate of drug-likeness (QED) is 0.728. The smallest absolute Gasteiger partial charge is 0.376 e. The Morgan fingerprint density at radius 2 is 1.83 bits per heavy atom. The summed E-state index contributed by atoms with van der Waals surface area (Å²) < 4.78 is 66.5. The zero-order valence-electron chi connectivity index (χ0n) is 17.0. The summed E-state index contributed by atoms with van der Waals surface area (Å²) in [6.07, 6.45) is -2.33. The van der Waals surface area contributed by atoms with Crippen molar-refractivity contribution in [3.8, 4) is 6.07 Å². The number of alkyl halides is 3. The van der Waals surface area contributed by atoms with Crippen molar-refractivity contribution in [3.05, 3.63) is 29.8 Å². The van der Waals surface area contributed by atoms with Crippen molar-refractivity contribution < 1.29 is 26.7 Å². The number of nitrogens with zero attached hydrogens (tertiary/aromatic N) is 3. The lowest BCUT2D eigenvalue weighted by molar-refractivity contribution is -0.258. The van der Waals surface area contributed by atoms with E-state index < -0.39 is 27.4 Å². The highest BCUT2D eigenvalue weighted by Gasteiger charge is 2.51. The SMILES string of the molecule is C[C@@H]1CN(CC2(CC#N)CC2)CCN1S(=O)(=O)c1ccc(C(C)(O)C(F)(F)F)cc1. The largest absolute Gasteiger partial charge is 0.421 e. The first-order valence-electron chi connectivity index (χ1n) is 9.83. The molecular weight excluding hydrogens is 419 g/mol. The summed E-state index contributed by atoms with van der Waals surface area (Å²) in [5, 5.41) is 18.7. The van der Waals surface area contributed by atoms with Crippen molar-refractivity contribution in [2.45, 2.75) is 55.8 Å². The third-order valence-corrected chi connectivity index (χ3v) is 8.22. The molecule has 0 radical (unpaired) electrons. The van der Waals surface area contributed by atoms with E-state index in [0.717, 1.165) is 43.7 Å². The fourth-order valence-corrected chi connectivity index (χ4v) is 5.59. The Hall–Kier alpha value is -1.67.